The fourth-order valence-corrected chi connectivity index (χ4v) is 3.05. The van der Waals surface area contributed by atoms with Gasteiger partial charge < -0.3 is 18.8 Å². The molecular formula is C23H22N2O5. The van der Waals surface area contributed by atoms with Gasteiger partial charge in [0.25, 0.3) is 5.91 Å². The van der Waals surface area contributed by atoms with Gasteiger partial charge in [0.2, 0.25) is 5.76 Å². The van der Waals surface area contributed by atoms with E-state index in [1.165, 1.54) is 4.90 Å². The summed E-state index contributed by atoms with van der Waals surface area (Å²) in [6.07, 6.45) is 0.163. The lowest BCUT2D eigenvalue weighted by molar-refractivity contribution is -0.121. The number of hydrogen-bond donors (Lipinski definition) is 0. The van der Waals surface area contributed by atoms with Crippen LogP contribution in [0.25, 0.3) is 11.0 Å². The van der Waals surface area contributed by atoms with E-state index in [9.17, 15) is 9.59 Å². The number of fused-ring (bicyclic) bond motifs is 1. The van der Waals surface area contributed by atoms with Crippen LogP contribution in [0.5, 0.6) is 0 Å². The highest BCUT2D eigenvalue weighted by molar-refractivity contribution is 5.99. The first-order chi connectivity index (χ1) is 14.7. The van der Waals surface area contributed by atoms with E-state index < -0.39 is 18.5 Å². The Labute approximate surface area is 174 Å². The summed E-state index contributed by atoms with van der Waals surface area (Å²) in [5.74, 6) is -1.13. The summed E-state index contributed by atoms with van der Waals surface area (Å²) in [6, 6.07) is 18.2. The molecule has 7 nitrogen and oxygen atoms in total. The second-order valence-corrected chi connectivity index (χ2v) is 6.41. The molecule has 0 spiro atoms. The van der Waals surface area contributed by atoms with E-state index >= 15 is 0 Å². The van der Waals surface area contributed by atoms with E-state index in [-0.39, 0.29) is 25.3 Å². The Morgan fingerprint density at radius 3 is 2.57 bits per heavy atom. The molecule has 2 aromatic carbocycles. The molecule has 30 heavy (non-hydrogen) atoms. The molecule has 0 aliphatic rings. The van der Waals surface area contributed by atoms with Crippen LogP contribution in [0.2, 0.25) is 0 Å². The number of carbonyl (C=O) groups excluding carboxylic acids is 2. The molecule has 3 aromatic rings. The van der Waals surface area contributed by atoms with Gasteiger partial charge >= 0.3 is 5.97 Å². The lowest BCUT2D eigenvalue weighted by Gasteiger charge is -2.21. The second-order valence-electron chi connectivity index (χ2n) is 6.41. The second kappa shape index (κ2) is 10.2. The third kappa shape index (κ3) is 4.85. The number of benzene rings is 2. The van der Waals surface area contributed by atoms with Crippen LogP contribution in [0.3, 0.4) is 0 Å². The van der Waals surface area contributed by atoms with E-state index in [0.717, 1.165) is 5.39 Å². The number of amides is 1. The molecule has 0 radical (unpaired) electrons. The van der Waals surface area contributed by atoms with E-state index in [1.807, 2.05) is 37.3 Å². The zero-order valence-corrected chi connectivity index (χ0v) is 16.7. The molecule has 1 aromatic heterocycles. The lowest BCUT2D eigenvalue weighted by atomic mass is 10.1. The zero-order valence-electron chi connectivity index (χ0n) is 16.7. The standard InChI is InChI=1S/C23H22N2O5/c1-2-28-15-19-18-11-6-7-12-20(18)30-22(19)23(27)29-16-21(26)25(14-8-13-24)17-9-4-3-5-10-17/h3-7,9-12H,2,8,14-16H2,1H3. The highest BCUT2D eigenvalue weighted by Crippen LogP contribution is 2.27. The van der Waals surface area contributed by atoms with Crippen molar-refractivity contribution in [3.8, 4) is 6.07 Å². The summed E-state index contributed by atoms with van der Waals surface area (Å²) < 4.78 is 16.4. The van der Waals surface area contributed by atoms with Gasteiger partial charge in [0.05, 0.1) is 19.1 Å². The first kappa shape index (κ1) is 21.1. The number of nitrogens with zero attached hydrogens (tertiary/aromatic N) is 2. The molecule has 0 atom stereocenters. The van der Waals surface area contributed by atoms with Gasteiger partial charge in [-0.15, -0.1) is 0 Å². The highest BCUT2D eigenvalue weighted by Gasteiger charge is 2.24. The number of furan rings is 1. The molecule has 3 rings (SSSR count). The Hall–Kier alpha value is -3.63. The van der Waals surface area contributed by atoms with E-state index in [1.54, 1.807) is 30.3 Å². The van der Waals surface area contributed by atoms with Crippen LogP contribution in [-0.2, 0) is 20.9 Å². The number of ether oxygens (including phenoxy) is 2. The lowest BCUT2D eigenvalue weighted by Crippen LogP contribution is -2.35. The summed E-state index contributed by atoms with van der Waals surface area (Å²) in [7, 11) is 0. The maximum absolute atomic E-state index is 12.7. The van der Waals surface area contributed by atoms with Gasteiger partial charge in [-0.2, -0.15) is 5.26 Å². The first-order valence-corrected chi connectivity index (χ1v) is 9.63. The van der Waals surface area contributed by atoms with Crippen molar-refractivity contribution in [1.29, 1.82) is 5.26 Å². The van der Waals surface area contributed by atoms with Crippen molar-refractivity contribution in [1.82, 2.24) is 0 Å². The highest BCUT2D eigenvalue weighted by atomic mass is 16.5. The minimum atomic E-state index is -0.734. The van der Waals surface area contributed by atoms with Gasteiger partial charge in [0.1, 0.15) is 5.58 Å². The van der Waals surface area contributed by atoms with Crippen LogP contribution in [0, 0.1) is 11.3 Å². The predicted molar refractivity (Wildman–Crippen MR) is 111 cm³/mol. The number of rotatable bonds is 9. The maximum atomic E-state index is 12.7. The minimum Gasteiger partial charge on any atom is -0.450 e. The first-order valence-electron chi connectivity index (χ1n) is 9.63. The number of nitriles is 1. The topological polar surface area (TPSA) is 92.8 Å². The van der Waals surface area contributed by atoms with Crippen molar-refractivity contribution >= 4 is 28.5 Å². The Kier molecular flexibility index (Phi) is 7.19. The Morgan fingerprint density at radius 2 is 1.83 bits per heavy atom. The molecular weight excluding hydrogens is 384 g/mol. The molecule has 0 aliphatic heterocycles. The van der Waals surface area contributed by atoms with Crippen LogP contribution >= 0.6 is 0 Å². The molecule has 7 heteroatoms. The SMILES string of the molecule is CCOCc1c(C(=O)OCC(=O)N(CCC#N)c2ccccc2)oc2ccccc12. The molecule has 0 bridgehead atoms. The normalized spacial score (nSPS) is 10.5. The molecule has 0 fully saturated rings. The fourth-order valence-electron chi connectivity index (χ4n) is 3.05. The quantitative estimate of drug-likeness (QED) is 0.497. The van der Waals surface area contributed by atoms with E-state index in [0.29, 0.717) is 23.4 Å². The maximum Gasteiger partial charge on any atom is 0.375 e. The van der Waals surface area contributed by atoms with Gasteiger partial charge in [-0.05, 0) is 25.1 Å². The number of hydrogen-bond acceptors (Lipinski definition) is 6. The van der Waals surface area contributed by atoms with Crippen LogP contribution in [0.1, 0.15) is 29.5 Å². The summed E-state index contributed by atoms with van der Waals surface area (Å²) >= 11 is 0. The summed E-state index contributed by atoms with van der Waals surface area (Å²) in [5, 5.41) is 9.65. The summed E-state index contributed by atoms with van der Waals surface area (Å²) in [5.41, 5.74) is 1.77. The molecule has 0 saturated heterocycles. The predicted octanol–water partition coefficient (Wildman–Crippen LogP) is 4.07. The monoisotopic (exact) mass is 406 g/mol. The van der Waals surface area contributed by atoms with E-state index in [2.05, 4.69) is 0 Å². The van der Waals surface area contributed by atoms with Crippen molar-refractivity contribution in [3.05, 3.63) is 65.9 Å². The Morgan fingerprint density at radius 1 is 1.10 bits per heavy atom. The average molecular weight is 406 g/mol. The fraction of sp³-hybridized carbons (Fsp3) is 0.261. The number of anilines is 1. The third-order valence-electron chi connectivity index (χ3n) is 4.48. The van der Waals surface area contributed by atoms with Crippen LogP contribution < -0.4 is 4.90 Å². The smallest absolute Gasteiger partial charge is 0.375 e. The average Bonchev–Trinajstić information content (AvgIpc) is 3.15. The van der Waals surface area contributed by atoms with Gasteiger partial charge in [-0.1, -0.05) is 36.4 Å². The van der Waals surface area contributed by atoms with Crippen LogP contribution in [0.4, 0.5) is 5.69 Å². The Bertz CT molecular complexity index is 1050. The van der Waals surface area contributed by atoms with E-state index in [4.69, 9.17) is 19.2 Å². The molecule has 1 amide bonds. The number of carbonyl (C=O) groups is 2. The van der Waals surface area contributed by atoms with Crippen molar-refractivity contribution in [2.75, 3.05) is 24.7 Å². The van der Waals surface area contributed by atoms with Crippen molar-refractivity contribution in [3.63, 3.8) is 0 Å². The van der Waals surface area contributed by atoms with Crippen molar-refractivity contribution in [2.24, 2.45) is 0 Å². The summed E-state index contributed by atoms with van der Waals surface area (Å²) in [6.45, 7) is 2.28. The molecule has 0 saturated carbocycles. The van der Waals surface area contributed by atoms with Gasteiger partial charge in [-0.3, -0.25) is 4.79 Å². The van der Waals surface area contributed by atoms with Crippen molar-refractivity contribution in [2.45, 2.75) is 20.0 Å². The molecule has 154 valence electrons. The summed E-state index contributed by atoms with van der Waals surface area (Å²) in [4.78, 5) is 26.8. The number of esters is 1. The van der Waals surface area contributed by atoms with Gasteiger partial charge in [0.15, 0.2) is 6.61 Å². The zero-order chi connectivity index (χ0) is 21.3. The third-order valence-corrected chi connectivity index (χ3v) is 4.48. The minimum absolute atomic E-state index is 0.0285. The van der Waals surface area contributed by atoms with Crippen LogP contribution in [-0.4, -0.2) is 31.6 Å². The molecule has 0 unspecified atom stereocenters. The van der Waals surface area contributed by atoms with Gasteiger partial charge in [0, 0.05) is 29.8 Å². The molecule has 0 aliphatic carbocycles. The Balaban J connectivity index is 1.75. The van der Waals surface area contributed by atoms with Crippen LogP contribution in [0.15, 0.2) is 59.0 Å². The molecule has 0 N–H and O–H groups in total. The largest absolute Gasteiger partial charge is 0.450 e. The van der Waals surface area contributed by atoms with Crippen molar-refractivity contribution < 1.29 is 23.5 Å². The number of para-hydroxylation sites is 2. The molecule has 1 heterocycles. The van der Waals surface area contributed by atoms with Gasteiger partial charge in [-0.25, -0.2) is 4.79 Å².